The van der Waals surface area contributed by atoms with Gasteiger partial charge in [-0.3, -0.25) is 4.79 Å². The van der Waals surface area contributed by atoms with Crippen molar-refractivity contribution in [2.24, 2.45) is 5.41 Å². The number of aromatic nitrogens is 2. The normalized spacial score (nSPS) is 18.6. The Morgan fingerprint density at radius 2 is 2.00 bits per heavy atom. The maximum absolute atomic E-state index is 12.7. The molecule has 24 heavy (non-hydrogen) atoms. The third-order valence-electron chi connectivity index (χ3n) is 4.26. The van der Waals surface area contributed by atoms with E-state index in [1.807, 2.05) is 35.2 Å². The molecule has 1 saturated heterocycles. The molecule has 2 aromatic rings. The number of benzene rings is 1. The first-order valence-corrected chi connectivity index (χ1v) is 8.62. The predicted octanol–water partition coefficient (Wildman–Crippen LogP) is 4.23. The number of carbonyl (C=O) groups is 1. The highest BCUT2D eigenvalue weighted by molar-refractivity contribution is 5.77. The third-order valence-corrected chi connectivity index (χ3v) is 4.26. The fraction of sp³-hybridized carbons (Fsp3) is 0.526. The van der Waals surface area contributed by atoms with Crippen LogP contribution in [-0.4, -0.2) is 27.5 Å². The lowest BCUT2D eigenvalue weighted by atomic mass is 9.90. The third kappa shape index (κ3) is 3.83. The lowest BCUT2D eigenvalue weighted by Gasteiger charge is -2.35. The number of carbonyl (C=O) groups excluding carboxylic acids is 1. The number of rotatable bonds is 3. The van der Waals surface area contributed by atoms with Gasteiger partial charge in [-0.2, -0.15) is 4.98 Å². The molecule has 1 fully saturated rings. The molecule has 1 aromatic carbocycles. The van der Waals surface area contributed by atoms with Crippen molar-refractivity contribution in [3.05, 3.63) is 36.2 Å². The standard InChI is InChI=1S/C19H25N3O2/c1-19(2,3)13-16(23)22-12-8-7-11-15(22)18-20-17(21-24-18)14-9-5-4-6-10-14/h4-6,9-10,15H,7-8,11-13H2,1-3H3/t15-/m1/s1. The Morgan fingerprint density at radius 3 is 2.71 bits per heavy atom. The number of nitrogens with zero attached hydrogens (tertiary/aromatic N) is 3. The molecule has 3 rings (SSSR count). The van der Waals surface area contributed by atoms with Gasteiger partial charge in [-0.1, -0.05) is 56.3 Å². The highest BCUT2D eigenvalue weighted by Gasteiger charge is 2.33. The summed E-state index contributed by atoms with van der Waals surface area (Å²) in [6.07, 6.45) is 3.52. The van der Waals surface area contributed by atoms with Crippen molar-refractivity contribution in [2.45, 2.75) is 52.5 Å². The molecule has 0 bridgehead atoms. The molecule has 1 atom stereocenters. The number of piperidine rings is 1. The maximum Gasteiger partial charge on any atom is 0.249 e. The summed E-state index contributed by atoms with van der Waals surface area (Å²) in [7, 11) is 0. The van der Waals surface area contributed by atoms with E-state index >= 15 is 0 Å². The molecule has 5 heteroatoms. The topological polar surface area (TPSA) is 59.2 Å². The quantitative estimate of drug-likeness (QED) is 0.846. The van der Waals surface area contributed by atoms with Gasteiger partial charge in [0.25, 0.3) is 0 Å². The second kappa shape index (κ2) is 6.75. The molecule has 128 valence electrons. The number of hydrogen-bond acceptors (Lipinski definition) is 4. The Balaban J connectivity index is 1.81. The summed E-state index contributed by atoms with van der Waals surface area (Å²) in [6, 6.07) is 9.67. The molecule has 1 amide bonds. The van der Waals surface area contributed by atoms with Crippen LogP contribution in [0, 0.1) is 5.41 Å². The van der Waals surface area contributed by atoms with Gasteiger partial charge < -0.3 is 9.42 Å². The molecule has 0 radical (unpaired) electrons. The van der Waals surface area contributed by atoms with Gasteiger partial charge in [0.2, 0.25) is 17.6 Å². The van der Waals surface area contributed by atoms with Crippen molar-refractivity contribution in [1.29, 1.82) is 0 Å². The van der Waals surface area contributed by atoms with Crippen molar-refractivity contribution >= 4 is 5.91 Å². The van der Waals surface area contributed by atoms with Crippen molar-refractivity contribution in [2.75, 3.05) is 6.54 Å². The average molecular weight is 327 g/mol. The second-order valence-electron chi connectivity index (χ2n) is 7.66. The summed E-state index contributed by atoms with van der Waals surface area (Å²) in [5.74, 6) is 1.31. The molecular weight excluding hydrogens is 302 g/mol. The number of amides is 1. The Bertz CT molecular complexity index is 688. The maximum atomic E-state index is 12.7. The molecule has 5 nitrogen and oxygen atoms in total. The van der Waals surface area contributed by atoms with Gasteiger partial charge in [-0.25, -0.2) is 0 Å². The molecule has 0 N–H and O–H groups in total. The minimum absolute atomic E-state index is 0.0247. The number of hydrogen-bond donors (Lipinski definition) is 0. The molecule has 1 aliphatic heterocycles. The molecule has 0 unspecified atom stereocenters. The average Bonchev–Trinajstić information content (AvgIpc) is 3.04. The van der Waals surface area contributed by atoms with E-state index in [1.54, 1.807) is 0 Å². The van der Waals surface area contributed by atoms with Crippen LogP contribution in [0.3, 0.4) is 0 Å². The SMILES string of the molecule is CC(C)(C)CC(=O)N1CCCC[C@@H]1c1nc(-c2ccccc2)no1. The van der Waals surface area contributed by atoms with E-state index in [1.165, 1.54) is 0 Å². The first-order chi connectivity index (χ1) is 11.4. The molecule has 0 spiro atoms. The summed E-state index contributed by atoms with van der Waals surface area (Å²) < 4.78 is 5.51. The zero-order chi connectivity index (χ0) is 17.2. The molecular formula is C19H25N3O2. The monoisotopic (exact) mass is 327 g/mol. The number of likely N-dealkylation sites (tertiary alicyclic amines) is 1. The van der Waals surface area contributed by atoms with Gasteiger partial charge >= 0.3 is 0 Å². The summed E-state index contributed by atoms with van der Waals surface area (Å²) in [6.45, 7) is 7.03. The van der Waals surface area contributed by atoms with Crippen LogP contribution in [0.25, 0.3) is 11.4 Å². The van der Waals surface area contributed by atoms with Gasteiger partial charge in [0, 0.05) is 18.5 Å². The molecule has 0 aliphatic carbocycles. The molecule has 0 saturated carbocycles. The zero-order valence-corrected chi connectivity index (χ0v) is 14.7. The highest BCUT2D eigenvalue weighted by Crippen LogP contribution is 2.33. The fourth-order valence-electron chi connectivity index (χ4n) is 3.12. The lowest BCUT2D eigenvalue weighted by molar-refractivity contribution is -0.137. The summed E-state index contributed by atoms with van der Waals surface area (Å²) in [5.41, 5.74) is 0.902. The Morgan fingerprint density at radius 1 is 1.25 bits per heavy atom. The van der Waals surface area contributed by atoms with Gasteiger partial charge in [0.15, 0.2) is 0 Å². The van der Waals surface area contributed by atoms with Crippen molar-refractivity contribution < 1.29 is 9.32 Å². The van der Waals surface area contributed by atoms with E-state index in [-0.39, 0.29) is 17.4 Å². The summed E-state index contributed by atoms with van der Waals surface area (Å²) >= 11 is 0. The van der Waals surface area contributed by atoms with E-state index in [2.05, 4.69) is 30.9 Å². The fourth-order valence-corrected chi connectivity index (χ4v) is 3.12. The van der Waals surface area contributed by atoms with Gasteiger partial charge in [0.1, 0.15) is 6.04 Å². The molecule has 1 aromatic heterocycles. The zero-order valence-electron chi connectivity index (χ0n) is 14.7. The first-order valence-electron chi connectivity index (χ1n) is 8.62. The van der Waals surface area contributed by atoms with E-state index < -0.39 is 0 Å². The minimum atomic E-state index is -0.0986. The van der Waals surface area contributed by atoms with Gasteiger partial charge in [-0.15, -0.1) is 0 Å². The van der Waals surface area contributed by atoms with Gasteiger partial charge in [-0.05, 0) is 24.7 Å². The second-order valence-corrected chi connectivity index (χ2v) is 7.66. The molecule has 2 heterocycles. The van der Waals surface area contributed by atoms with Crippen LogP contribution in [-0.2, 0) is 4.79 Å². The van der Waals surface area contributed by atoms with Crippen molar-refractivity contribution in [1.82, 2.24) is 15.0 Å². The van der Waals surface area contributed by atoms with Crippen molar-refractivity contribution in [3.63, 3.8) is 0 Å². The van der Waals surface area contributed by atoms with E-state index in [0.29, 0.717) is 18.1 Å². The Kier molecular flexibility index (Phi) is 4.69. The summed E-state index contributed by atoms with van der Waals surface area (Å²) in [5, 5.41) is 4.11. The predicted molar refractivity (Wildman–Crippen MR) is 92.1 cm³/mol. The summed E-state index contributed by atoms with van der Waals surface area (Å²) in [4.78, 5) is 19.2. The first kappa shape index (κ1) is 16.7. The van der Waals surface area contributed by atoms with Crippen LogP contribution in [0.1, 0.15) is 58.4 Å². The van der Waals surface area contributed by atoms with Crippen LogP contribution >= 0.6 is 0 Å². The highest BCUT2D eigenvalue weighted by atomic mass is 16.5. The molecule has 1 aliphatic rings. The van der Waals surface area contributed by atoms with Crippen LogP contribution < -0.4 is 0 Å². The van der Waals surface area contributed by atoms with Crippen molar-refractivity contribution in [3.8, 4) is 11.4 Å². The van der Waals surface area contributed by atoms with E-state index in [0.717, 1.165) is 31.4 Å². The van der Waals surface area contributed by atoms with E-state index in [9.17, 15) is 4.79 Å². The van der Waals surface area contributed by atoms with Crippen LogP contribution in [0.4, 0.5) is 0 Å². The van der Waals surface area contributed by atoms with Crippen LogP contribution in [0.5, 0.6) is 0 Å². The smallest absolute Gasteiger partial charge is 0.249 e. The van der Waals surface area contributed by atoms with Gasteiger partial charge in [0.05, 0.1) is 0 Å². The van der Waals surface area contributed by atoms with Crippen LogP contribution in [0.15, 0.2) is 34.9 Å². The minimum Gasteiger partial charge on any atom is -0.337 e. The Hall–Kier alpha value is -2.17. The van der Waals surface area contributed by atoms with E-state index in [4.69, 9.17) is 4.52 Å². The lowest BCUT2D eigenvalue weighted by Crippen LogP contribution is -2.40. The van der Waals surface area contributed by atoms with Crippen LogP contribution in [0.2, 0.25) is 0 Å². The Labute approximate surface area is 143 Å². The largest absolute Gasteiger partial charge is 0.337 e.